The number of hydrogen-bond acceptors (Lipinski definition) is 2. The molecule has 0 bridgehead atoms. The molecule has 0 aliphatic rings. The third-order valence-corrected chi connectivity index (χ3v) is 1.88. The van der Waals surface area contributed by atoms with Crippen molar-refractivity contribution in [2.24, 2.45) is 7.05 Å². The third kappa shape index (κ3) is 3.19. The summed E-state index contributed by atoms with van der Waals surface area (Å²) in [5.74, 6) is -3.48. The van der Waals surface area contributed by atoms with E-state index in [9.17, 15) is 17.6 Å². The second-order valence-corrected chi connectivity index (χ2v) is 3.12. The molecule has 0 saturated carbocycles. The summed E-state index contributed by atoms with van der Waals surface area (Å²) in [6, 6.07) is 0. The Morgan fingerprint density at radius 3 is 2.67 bits per heavy atom. The molecular formula is C8H11F4N3. The van der Waals surface area contributed by atoms with Gasteiger partial charge in [-0.3, -0.25) is 0 Å². The SMILES string of the molecule is Cn1ccnc1CNCC(F)(F)C(F)F. The first-order valence-electron chi connectivity index (χ1n) is 4.26. The zero-order valence-electron chi connectivity index (χ0n) is 8.05. The monoisotopic (exact) mass is 225 g/mol. The van der Waals surface area contributed by atoms with Gasteiger partial charge in [0, 0.05) is 19.4 Å². The van der Waals surface area contributed by atoms with Gasteiger partial charge in [-0.05, 0) is 0 Å². The molecule has 3 nitrogen and oxygen atoms in total. The van der Waals surface area contributed by atoms with Gasteiger partial charge < -0.3 is 9.88 Å². The highest BCUT2D eigenvalue weighted by molar-refractivity contribution is 4.90. The predicted octanol–water partition coefficient (Wildman–Crippen LogP) is 1.41. The number of imidazole rings is 1. The smallest absolute Gasteiger partial charge is 0.319 e. The van der Waals surface area contributed by atoms with Gasteiger partial charge in [-0.15, -0.1) is 0 Å². The molecule has 0 spiro atoms. The molecule has 7 heteroatoms. The summed E-state index contributed by atoms with van der Waals surface area (Å²) in [6.45, 7) is -1.02. The molecule has 1 aromatic rings. The van der Waals surface area contributed by atoms with Crippen molar-refractivity contribution in [3.05, 3.63) is 18.2 Å². The van der Waals surface area contributed by atoms with E-state index in [2.05, 4.69) is 10.3 Å². The van der Waals surface area contributed by atoms with Gasteiger partial charge in [0.05, 0.1) is 13.1 Å². The van der Waals surface area contributed by atoms with E-state index in [0.717, 1.165) is 0 Å². The van der Waals surface area contributed by atoms with Crippen molar-refractivity contribution in [1.82, 2.24) is 14.9 Å². The van der Waals surface area contributed by atoms with Crippen LogP contribution in [0.3, 0.4) is 0 Å². The van der Waals surface area contributed by atoms with Crippen LogP contribution in [0.25, 0.3) is 0 Å². The molecule has 1 N–H and O–H groups in total. The van der Waals surface area contributed by atoms with Crippen molar-refractivity contribution in [3.8, 4) is 0 Å². The van der Waals surface area contributed by atoms with Crippen molar-refractivity contribution in [2.45, 2.75) is 18.9 Å². The average Bonchev–Trinajstić information content (AvgIpc) is 2.51. The number of aromatic nitrogens is 2. The van der Waals surface area contributed by atoms with Crippen LogP contribution in [0.1, 0.15) is 5.82 Å². The predicted molar refractivity (Wildman–Crippen MR) is 45.9 cm³/mol. The minimum atomic E-state index is -3.99. The highest BCUT2D eigenvalue weighted by Crippen LogP contribution is 2.21. The summed E-state index contributed by atoms with van der Waals surface area (Å²) < 4.78 is 50.0. The van der Waals surface area contributed by atoms with Crippen LogP contribution in [0, 0.1) is 0 Å². The lowest BCUT2D eigenvalue weighted by molar-refractivity contribution is -0.125. The molecule has 0 unspecified atom stereocenters. The molecule has 0 fully saturated rings. The van der Waals surface area contributed by atoms with E-state index in [4.69, 9.17) is 0 Å². The van der Waals surface area contributed by atoms with Gasteiger partial charge in [0.25, 0.3) is 0 Å². The van der Waals surface area contributed by atoms with Crippen LogP contribution in [-0.2, 0) is 13.6 Å². The molecule has 1 aromatic heterocycles. The number of nitrogens with one attached hydrogen (secondary N) is 1. The Balaban J connectivity index is 2.37. The second kappa shape index (κ2) is 4.61. The van der Waals surface area contributed by atoms with Crippen molar-refractivity contribution < 1.29 is 17.6 Å². The summed E-state index contributed by atoms with van der Waals surface area (Å²) in [6.07, 6.45) is -0.503. The van der Waals surface area contributed by atoms with E-state index >= 15 is 0 Å². The van der Waals surface area contributed by atoms with Crippen LogP contribution in [0.5, 0.6) is 0 Å². The summed E-state index contributed by atoms with van der Waals surface area (Å²) in [4.78, 5) is 3.85. The Morgan fingerprint density at radius 2 is 2.20 bits per heavy atom. The van der Waals surface area contributed by atoms with Crippen LogP contribution in [-0.4, -0.2) is 28.4 Å². The fraction of sp³-hybridized carbons (Fsp3) is 0.625. The van der Waals surface area contributed by atoms with Crippen molar-refractivity contribution in [1.29, 1.82) is 0 Å². The molecule has 1 rings (SSSR count). The van der Waals surface area contributed by atoms with Gasteiger partial charge in [0.2, 0.25) is 0 Å². The Hall–Kier alpha value is -1.11. The van der Waals surface area contributed by atoms with Crippen molar-refractivity contribution >= 4 is 0 Å². The standard InChI is InChI=1S/C8H11F4N3/c1-15-3-2-14-6(15)4-13-5-8(11,12)7(9)10/h2-3,7,13H,4-5H2,1H3. The largest absolute Gasteiger partial charge is 0.337 e. The molecular weight excluding hydrogens is 214 g/mol. The molecule has 0 aromatic carbocycles. The van der Waals surface area contributed by atoms with E-state index in [-0.39, 0.29) is 6.54 Å². The minimum Gasteiger partial charge on any atom is -0.337 e. The molecule has 0 aliphatic heterocycles. The molecule has 86 valence electrons. The Labute approximate surface area is 84.1 Å². The number of nitrogens with zero attached hydrogens (tertiary/aromatic N) is 2. The lowest BCUT2D eigenvalue weighted by atomic mass is 10.3. The minimum absolute atomic E-state index is 0.0335. The molecule has 1 heterocycles. The number of aryl methyl sites for hydroxylation is 1. The van der Waals surface area contributed by atoms with E-state index < -0.39 is 18.9 Å². The fourth-order valence-corrected chi connectivity index (χ4v) is 0.985. The van der Waals surface area contributed by atoms with E-state index in [1.807, 2.05) is 0 Å². The molecule has 0 radical (unpaired) electrons. The van der Waals surface area contributed by atoms with Crippen LogP contribution < -0.4 is 5.32 Å². The quantitative estimate of drug-likeness (QED) is 0.768. The molecule has 0 atom stereocenters. The topological polar surface area (TPSA) is 29.9 Å². The summed E-state index contributed by atoms with van der Waals surface area (Å²) >= 11 is 0. The summed E-state index contributed by atoms with van der Waals surface area (Å²) in [5, 5.41) is 2.24. The first-order chi connectivity index (χ1) is 6.93. The Kier molecular flexibility index (Phi) is 3.67. The third-order valence-electron chi connectivity index (χ3n) is 1.88. The number of hydrogen-bond donors (Lipinski definition) is 1. The van der Waals surface area contributed by atoms with Crippen LogP contribution >= 0.6 is 0 Å². The first kappa shape index (κ1) is 12.0. The van der Waals surface area contributed by atoms with E-state index in [0.29, 0.717) is 5.82 Å². The van der Waals surface area contributed by atoms with Gasteiger partial charge in [0.15, 0.2) is 0 Å². The van der Waals surface area contributed by atoms with Crippen molar-refractivity contribution in [2.75, 3.05) is 6.54 Å². The summed E-state index contributed by atoms with van der Waals surface area (Å²) in [5.41, 5.74) is 0. The number of rotatable bonds is 5. The zero-order valence-corrected chi connectivity index (χ0v) is 8.05. The zero-order chi connectivity index (χ0) is 11.5. The van der Waals surface area contributed by atoms with Crippen LogP contribution in [0.15, 0.2) is 12.4 Å². The fourth-order valence-electron chi connectivity index (χ4n) is 0.985. The Bertz CT molecular complexity index is 311. The average molecular weight is 225 g/mol. The van der Waals surface area contributed by atoms with Crippen molar-refractivity contribution in [3.63, 3.8) is 0 Å². The summed E-state index contributed by atoms with van der Waals surface area (Å²) in [7, 11) is 1.69. The lowest BCUT2D eigenvalue weighted by Gasteiger charge is -2.15. The van der Waals surface area contributed by atoms with Gasteiger partial charge in [-0.1, -0.05) is 0 Å². The van der Waals surface area contributed by atoms with Crippen LogP contribution in [0.2, 0.25) is 0 Å². The normalized spacial score (nSPS) is 12.4. The van der Waals surface area contributed by atoms with Gasteiger partial charge in [-0.25, -0.2) is 13.8 Å². The Morgan fingerprint density at radius 1 is 1.53 bits per heavy atom. The molecule has 0 saturated heterocycles. The van der Waals surface area contributed by atoms with Gasteiger partial charge in [-0.2, -0.15) is 8.78 Å². The van der Waals surface area contributed by atoms with Crippen LogP contribution in [0.4, 0.5) is 17.6 Å². The lowest BCUT2D eigenvalue weighted by Crippen LogP contribution is -2.38. The van der Waals surface area contributed by atoms with Gasteiger partial charge in [0.1, 0.15) is 5.82 Å². The maximum absolute atomic E-state index is 12.4. The number of halogens is 4. The maximum atomic E-state index is 12.4. The molecule has 0 aliphatic carbocycles. The maximum Gasteiger partial charge on any atom is 0.319 e. The second-order valence-electron chi connectivity index (χ2n) is 3.12. The molecule has 0 amide bonds. The highest BCUT2D eigenvalue weighted by atomic mass is 19.3. The van der Waals surface area contributed by atoms with E-state index in [1.165, 1.54) is 6.20 Å². The first-order valence-corrected chi connectivity index (χ1v) is 4.26. The van der Waals surface area contributed by atoms with Gasteiger partial charge >= 0.3 is 12.3 Å². The highest BCUT2D eigenvalue weighted by Gasteiger charge is 2.39. The number of alkyl halides is 4. The van der Waals surface area contributed by atoms with E-state index in [1.54, 1.807) is 17.8 Å². The molecule has 15 heavy (non-hydrogen) atoms.